The second kappa shape index (κ2) is 11.1. The summed E-state index contributed by atoms with van der Waals surface area (Å²) in [4.78, 5) is 11.7. The first-order chi connectivity index (χ1) is 9.92. The molecule has 0 rings (SSSR count). The van der Waals surface area contributed by atoms with E-state index in [4.69, 9.17) is 10.00 Å². The number of allylic oxidation sites excluding steroid dienone is 4. The zero-order chi connectivity index (χ0) is 16.3. The largest absolute Gasteiger partial charge is 0.465 e. The van der Waals surface area contributed by atoms with Crippen molar-refractivity contribution in [1.82, 2.24) is 0 Å². The van der Waals surface area contributed by atoms with Gasteiger partial charge in [0.25, 0.3) is 0 Å². The van der Waals surface area contributed by atoms with Crippen LogP contribution in [0.3, 0.4) is 0 Å². The number of ether oxygens (including phenoxy) is 1. The zero-order valence-electron chi connectivity index (χ0n) is 14.1. The molecule has 0 amide bonds. The summed E-state index contributed by atoms with van der Waals surface area (Å²) >= 11 is 0. The van der Waals surface area contributed by atoms with E-state index in [1.165, 1.54) is 11.1 Å². The van der Waals surface area contributed by atoms with Gasteiger partial charge < -0.3 is 4.74 Å². The molecule has 0 aliphatic carbocycles. The molecule has 21 heavy (non-hydrogen) atoms. The van der Waals surface area contributed by atoms with Crippen LogP contribution in [-0.4, -0.2) is 12.6 Å². The Labute approximate surface area is 129 Å². The molecule has 0 aliphatic rings. The highest BCUT2D eigenvalue weighted by Gasteiger charge is 2.25. The second-order valence-corrected chi connectivity index (χ2v) is 5.78. The Balaban J connectivity index is 4.22. The molecule has 118 valence electrons. The van der Waals surface area contributed by atoms with Gasteiger partial charge in [-0.1, -0.05) is 30.2 Å². The molecule has 3 heteroatoms. The lowest BCUT2D eigenvalue weighted by Crippen LogP contribution is -2.22. The summed E-state index contributed by atoms with van der Waals surface area (Å²) in [6, 6.07) is 2.07. The van der Waals surface area contributed by atoms with Crippen LogP contribution in [0.15, 0.2) is 23.3 Å². The van der Waals surface area contributed by atoms with Crippen LogP contribution < -0.4 is 0 Å². The molecule has 0 heterocycles. The van der Waals surface area contributed by atoms with Gasteiger partial charge in [0, 0.05) is 0 Å². The monoisotopic (exact) mass is 291 g/mol. The minimum atomic E-state index is -0.649. The maximum absolute atomic E-state index is 11.7. The minimum Gasteiger partial charge on any atom is -0.465 e. The van der Waals surface area contributed by atoms with Gasteiger partial charge in [-0.05, 0) is 59.3 Å². The van der Waals surface area contributed by atoms with E-state index in [1.54, 1.807) is 6.92 Å². The van der Waals surface area contributed by atoms with Crippen LogP contribution in [0.2, 0.25) is 0 Å². The maximum Gasteiger partial charge on any atom is 0.323 e. The van der Waals surface area contributed by atoms with Crippen LogP contribution in [-0.2, 0) is 9.53 Å². The average molecular weight is 291 g/mol. The maximum atomic E-state index is 11.7. The number of hydrogen-bond acceptors (Lipinski definition) is 3. The predicted octanol–water partition coefficient (Wildman–Crippen LogP) is 4.80. The molecule has 0 saturated carbocycles. The van der Waals surface area contributed by atoms with E-state index in [1.807, 2.05) is 6.92 Å². The van der Waals surface area contributed by atoms with Crippen LogP contribution in [0.25, 0.3) is 0 Å². The van der Waals surface area contributed by atoms with Gasteiger partial charge in [0.05, 0.1) is 12.7 Å². The molecule has 0 N–H and O–H groups in total. The van der Waals surface area contributed by atoms with E-state index in [9.17, 15) is 4.79 Å². The molecule has 0 aromatic carbocycles. The van der Waals surface area contributed by atoms with Crippen molar-refractivity contribution in [3.63, 3.8) is 0 Å². The van der Waals surface area contributed by atoms with Crippen molar-refractivity contribution in [2.75, 3.05) is 6.61 Å². The molecular formula is C18H29NO2. The molecular weight excluding hydrogens is 262 g/mol. The van der Waals surface area contributed by atoms with Gasteiger partial charge in [0.15, 0.2) is 0 Å². The molecule has 0 fully saturated rings. The fraction of sp³-hybridized carbons (Fsp3) is 0.667. The van der Waals surface area contributed by atoms with Crippen LogP contribution in [0.4, 0.5) is 0 Å². The van der Waals surface area contributed by atoms with Crippen molar-refractivity contribution < 1.29 is 9.53 Å². The average Bonchev–Trinajstić information content (AvgIpc) is 2.39. The van der Waals surface area contributed by atoms with Crippen LogP contribution in [0, 0.1) is 23.2 Å². The number of hydrogen-bond donors (Lipinski definition) is 0. The molecule has 0 spiro atoms. The van der Waals surface area contributed by atoms with Crippen LogP contribution >= 0.6 is 0 Å². The number of esters is 1. The molecule has 0 saturated heterocycles. The lowest BCUT2D eigenvalue weighted by atomic mass is 9.90. The quantitative estimate of drug-likeness (QED) is 0.453. The molecule has 0 aromatic heterocycles. The van der Waals surface area contributed by atoms with Crippen molar-refractivity contribution >= 4 is 5.97 Å². The van der Waals surface area contributed by atoms with Gasteiger partial charge in [-0.15, -0.1) is 0 Å². The third-order valence-corrected chi connectivity index (χ3v) is 3.45. The van der Waals surface area contributed by atoms with Gasteiger partial charge >= 0.3 is 5.97 Å². The summed E-state index contributed by atoms with van der Waals surface area (Å²) in [6.07, 6.45) is 8.33. The third kappa shape index (κ3) is 9.07. The molecule has 0 aromatic rings. The zero-order valence-corrected chi connectivity index (χ0v) is 14.1. The molecule has 2 atom stereocenters. The van der Waals surface area contributed by atoms with Gasteiger partial charge in [-0.2, -0.15) is 5.26 Å². The predicted molar refractivity (Wildman–Crippen MR) is 86.6 cm³/mol. The standard InChI is InChI=1S/C18H29NO2/c1-6-21-18(20)17(13-19)16(5)12-8-11-15(4)10-7-9-14(2)3/h9,11,16-17H,6-8,10,12H2,1-5H3/b15-11+. The minimum absolute atomic E-state index is 0.0240. The number of rotatable bonds is 9. The van der Waals surface area contributed by atoms with Crippen LogP contribution in [0.5, 0.6) is 0 Å². The number of nitrogens with zero attached hydrogens (tertiary/aromatic N) is 1. The van der Waals surface area contributed by atoms with Gasteiger partial charge in [0.2, 0.25) is 0 Å². The lowest BCUT2D eigenvalue weighted by molar-refractivity contribution is -0.147. The second-order valence-electron chi connectivity index (χ2n) is 5.78. The molecule has 2 unspecified atom stereocenters. The van der Waals surface area contributed by atoms with E-state index < -0.39 is 11.9 Å². The Morgan fingerprint density at radius 2 is 1.90 bits per heavy atom. The first kappa shape index (κ1) is 19.4. The molecule has 0 aliphatic heterocycles. The van der Waals surface area contributed by atoms with E-state index >= 15 is 0 Å². The Morgan fingerprint density at radius 3 is 2.43 bits per heavy atom. The highest BCUT2D eigenvalue weighted by Crippen LogP contribution is 2.19. The first-order valence-corrected chi connectivity index (χ1v) is 7.77. The molecule has 3 nitrogen and oxygen atoms in total. The summed E-state index contributed by atoms with van der Waals surface area (Å²) in [5, 5.41) is 9.10. The fourth-order valence-corrected chi connectivity index (χ4v) is 2.09. The van der Waals surface area contributed by atoms with Crippen molar-refractivity contribution in [2.24, 2.45) is 11.8 Å². The van der Waals surface area contributed by atoms with Crippen molar-refractivity contribution in [2.45, 2.75) is 60.3 Å². The Kier molecular flexibility index (Phi) is 10.3. The third-order valence-electron chi connectivity index (χ3n) is 3.45. The molecule has 0 radical (unpaired) electrons. The van der Waals surface area contributed by atoms with Gasteiger partial charge in [-0.25, -0.2) is 0 Å². The van der Waals surface area contributed by atoms with E-state index in [2.05, 4.69) is 39.0 Å². The lowest BCUT2D eigenvalue weighted by Gasteiger charge is -2.15. The van der Waals surface area contributed by atoms with Gasteiger partial charge in [-0.3, -0.25) is 4.79 Å². The summed E-state index contributed by atoms with van der Waals surface area (Å²) in [6.45, 7) is 10.4. The summed E-state index contributed by atoms with van der Waals surface area (Å²) in [5.74, 6) is -1.02. The highest BCUT2D eigenvalue weighted by atomic mass is 16.5. The topological polar surface area (TPSA) is 50.1 Å². The SMILES string of the molecule is CCOC(=O)C(C#N)C(C)CC/C=C(\C)CCC=C(C)C. The van der Waals surface area contributed by atoms with Crippen LogP contribution in [0.1, 0.15) is 60.3 Å². The normalized spacial score (nSPS) is 14.0. The smallest absolute Gasteiger partial charge is 0.323 e. The number of carbonyl (C=O) groups is 1. The Morgan fingerprint density at radius 1 is 1.24 bits per heavy atom. The fourth-order valence-electron chi connectivity index (χ4n) is 2.09. The number of nitriles is 1. The molecule has 0 bridgehead atoms. The van der Waals surface area contributed by atoms with Crippen molar-refractivity contribution in [1.29, 1.82) is 5.26 Å². The number of carbonyl (C=O) groups excluding carboxylic acids is 1. The van der Waals surface area contributed by atoms with E-state index in [-0.39, 0.29) is 5.92 Å². The van der Waals surface area contributed by atoms with Gasteiger partial charge in [0.1, 0.15) is 5.92 Å². The summed E-state index contributed by atoms with van der Waals surface area (Å²) in [7, 11) is 0. The van der Waals surface area contributed by atoms with E-state index in [0.717, 1.165) is 25.7 Å². The summed E-state index contributed by atoms with van der Waals surface area (Å²) in [5.41, 5.74) is 2.71. The van der Waals surface area contributed by atoms with Crippen molar-refractivity contribution in [3.05, 3.63) is 23.3 Å². The Bertz CT molecular complexity index is 411. The first-order valence-electron chi connectivity index (χ1n) is 7.77. The van der Waals surface area contributed by atoms with E-state index in [0.29, 0.717) is 6.61 Å². The highest BCUT2D eigenvalue weighted by molar-refractivity contribution is 5.75. The van der Waals surface area contributed by atoms with Crippen molar-refractivity contribution in [3.8, 4) is 6.07 Å². The Hall–Kier alpha value is -1.56. The summed E-state index contributed by atoms with van der Waals surface area (Å²) < 4.78 is 4.94.